The van der Waals surface area contributed by atoms with E-state index in [1.807, 2.05) is 6.92 Å². The summed E-state index contributed by atoms with van der Waals surface area (Å²) in [6, 6.07) is 3.44. The highest BCUT2D eigenvalue weighted by Gasteiger charge is 2.24. The first-order valence-electron chi connectivity index (χ1n) is 9.20. The Labute approximate surface area is 183 Å². The van der Waals surface area contributed by atoms with Crippen LogP contribution in [0.2, 0.25) is 0 Å². The normalized spacial score (nSPS) is 16.5. The van der Waals surface area contributed by atoms with Crippen LogP contribution in [0.1, 0.15) is 25.3 Å². The Hall–Kier alpha value is -1.01. The molecule has 0 spiro atoms. The number of piperidine rings is 1. The molecule has 1 aliphatic rings. The van der Waals surface area contributed by atoms with Crippen LogP contribution < -0.4 is 10.6 Å². The summed E-state index contributed by atoms with van der Waals surface area (Å²) in [7, 11) is -3.12. The highest BCUT2D eigenvalue weighted by Crippen LogP contribution is 2.19. The molecule has 1 aromatic rings. The Balaban J connectivity index is 0.00000392. The van der Waals surface area contributed by atoms with Gasteiger partial charge < -0.3 is 10.6 Å². The van der Waals surface area contributed by atoms with Crippen molar-refractivity contribution in [2.45, 2.75) is 26.2 Å². The van der Waals surface area contributed by atoms with Crippen LogP contribution in [0.15, 0.2) is 23.2 Å². The standard InChI is InChI=1S/C18H28F2N4O2S.HI/c1-3-21-18(22-9-6-15-12-16(19)4-5-17(15)20)23-13-14-7-10-24(11-8-14)27(2,25)26;/h4-5,12,14H,3,6-11,13H2,1-2H3,(H2,21,22,23);1H. The first-order chi connectivity index (χ1) is 12.8. The van der Waals surface area contributed by atoms with E-state index in [2.05, 4.69) is 15.6 Å². The second-order valence-electron chi connectivity index (χ2n) is 6.74. The highest BCUT2D eigenvalue weighted by atomic mass is 127. The largest absolute Gasteiger partial charge is 0.357 e. The van der Waals surface area contributed by atoms with E-state index >= 15 is 0 Å². The quantitative estimate of drug-likeness (QED) is 0.323. The minimum absolute atomic E-state index is 0. The van der Waals surface area contributed by atoms with Crippen LogP contribution in [0, 0.1) is 17.6 Å². The molecule has 0 radical (unpaired) electrons. The van der Waals surface area contributed by atoms with Crippen LogP contribution in [0.25, 0.3) is 0 Å². The molecule has 2 N–H and O–H groups in total. The van der Waals surface area contributed by atoms with Crippen LogP contribution in [0.3, 0.4) is 0 Å². The molecule has 0 unspecified atom stereocenters. The SMILES string of the molecule is CCNC(=NCC1CCN(S(C)(=O)=O)CC1)NCCc1cc(F)ccc1F.I. The van der Waals surface area contributed by atoms with Gasteiger partial charge >= 0.3 is 0 Å². The van der Waals surface area contributed by atoms with Crippen LogP contribution in [-0.2, 0) is 16.4 Å². The first-order valence-corrected chi connectivity index (χ1v) is 11.1. The molecule has 0 atom stereocenters. The molecule has 1 aromatic carbocycles. The van der Waals surface area contributed by atoms with Crippen LogP contribution in [0.5, 0.6) is 0 Å². The van der Waals surface area contributed by atoms with Crippen LogP contribution in [-0.4, -0.2) is 57.7 Å². The molecule has 0 aromatic heterocycles. The third-order valence-electron chi connectivity index (χ3n) is 4.59. The van der Waals surface area contributed by atoms with E-state index < -0.39 is 21.7 Å². The van der Waals surface area contributed by atoms with Gasteiger partial charge in [-0.15, -0.1) is 24.0 Å². The fourth-order valence-corrected chi connectivity index (χ4v) is 3.91. The van der Waals surface area contributed by atoms with Crippen molar-refractivity contribution in [3.63, 3.8) is 0 Å². The second kappa shape index (κ2) is 11.9. The summed E-state index contributed by atoms with van der Waals surface area (Å²) < 4.78 is 51.5. The molecule has 2 rings (SSSR count). The molecule has 1 heterocycles. The monoisotopic (exact) mass is 530 g/mol. The maximum Gasteiger partial charge on any atom is 0.211 e. The van der Waals surface area contributed by atoms with Gasteiger partial charge in [-0.2, -0.15) is 0 Å². The Morgan fingerprint density at radius 1 is 1.25 bits per heavy atom. The smallest absolute Gasteiger partial charge is 0.211 e. The minimum atomic E-state index is -3.12. The van der Waals surface area contributed by atoms with Gasteiger partial charge in [-0.25, -0.2) is 21.5 Å². The summed E-state index contributed by atoms with van der Waals surface area (Å²) in [4.78, 5) is 4.55. The first kappa shape index (κ1) is 25.0. The van der Waals surface area contributed by atoms with Crippen molar-refractivity contribution < 1.29 is 17.2 Å². The maximum atomic E-state index is 13.7. The molecule has 0 amide bonds. The van der Waals surface area contributed by atoms with E-state index in [-0.39, 0.29) is 24.0 Å². The lowest BCUT2D eigenvalue weighted by Gasteiger charge is -2.29. The third kappa shape index (κ3) is 8.16. The van der Waals surface area contributed by atoms with Crippen molar-refractivity contribution in [2.24, 2.45) is 10.9 Å². The lowest BCUT2D eigenvalue weighted by molar-refractivity contribution is 0.280. The molecule has 160 valence electrons. The second-order valence-corrected chi connectivity index (χ2v) is 8.72. The number of hydrogen-bond donors (Lipinski definition) is 2. The van der Waals surface area contributed by atoms with E-state index in [1.54, 1.807) is 0 Å². The van der Waals surface area contributed by atoms with E-state index in [1.165, 1.54) is 16.6 Å². The molecule has 1 saturated heterocycles. The number of benzene rings is 1. The molecule has 1 fully saturated rings. The summed E-state index contributed by atoms with van der Waals surface area (Å²) in [6.45, 7) is 4.73. The number of halogens is 3. The Morgan fingerprint density at radius 2 is 1.93 bits per heavy atom. The number of rotatable bonds is 7. The Bertz CT molecular complexity index is 754. The number of nitrogens with zero attached hydrogens (tertiary/aromatic N) is 2. The highest BCUT2D eigenvalue weighted by molar-refractivity contribution is 14.0. The fourth-order valence-electron chi connectivity index (χ4n) is 3.04. The van der Waals surface area contributed by atoms with Gasteiger partial charge in [-0.3, -0.25) is 4.99 Å². The Morgan fingerprint density at radius 3 is 2.54 bits per heavy atom. The molecular formula is C18H29F2IN4O2S. The average Bonchev–Trinajstić information content (AvgIpc) is 2.62. The molecule has 0 saturated carbocycles. The van der Waals surface area contributed by atoms with Gasteiger partial charge in [0.2, 0.25) is 10.0 Å². The van der Waals surface area contributed by atoms with Crippen molar-refractivity contribution in [3.8, 4) is 0 Å². The van der Waals surface area contributed by atoms with Crippen molar-refractivity contribution in [2.75, 3.05) is 39.0 Å². The van der Waals surface area contributed by atoms with Gasteiger partial charge in [0.25, 0.3) is 0 Å². The Kier molecular flexibility index (Phi) is 10.6. The van der Waals surface area contributed by atoms with E-state index in [0.29, 0.717) is 56.6 Å². The van der Waals surface area contributed by atoms with Gasteiger partial charge in [-0.05, 0) is 55.9 Å². The summed E-state index contributed by atoms with van der Waals surface area (Å²) >= 11 is 0. The van der Waals surface area contributed by atoms with E-state index in [0.717, 1.165) is 25.0 Å². The maximum absolute atomic E-state index is 13.7. The lowest BCUT2D eigenvalue weighted by atomic mass is 9.98. The number of hydrogen-bond acceptors (Lipinski definition) is 3. The average molecular weight is 530 g/mol. The summed E-state index contributed by atoms with van der Waals surface area (Å²) in [5, 5.41) is 6.26. The third-order valence-corrected chi connectivity index (χ3v) is 5.89. The number of nitrogens with one attached hydrogen (secondary N) is 2. The van der Waals surface area contributed by atoms with Crippen molar-refractivity contribution in [1.82, 2.24) is 14.9 Å². The zero-order valence-electron chi connectivity index (χ0n) is 16.2. The molecule has 10 heteroatoms. The number of guanidine groups is 1. The molecule has 0 aliphatic carbocycles. The van der Waals surface area contributed by atoms with Crippen LogP contribution >= 0.6 is 24.0 Å². The van der Waals surface area contributed by atoms with Gasteiger partial charge in [-0.1, -0.05) is 0 Å². The minimum Gasteiger partial charge on any atom is -0.357 e. The van der Waals surface area contributed by atoms with Gasteiger partial charge in [0.1, 0.15) is 11.6 Å². The molecule has 0 bridgehead atoms. The van der Waals surface area contributed by atoms with Gasteiger partial charge in [0, 0.05) is 32.7 Å². The number of aliphatic imine (C=N–C) groups is 1. The van der Waals surface area contributed by atoms with E-state index in [9.17, 15) is 17.2 Å². The topological polar surface area (TPSA) is 73.8 Å². The molecule has 1 aliphatic heterocycles. The van der Waals surface area contributed by atoms with Crippen LogP contribution in [0.4, 0.5) is 8.78 Å². The van der Waals surface area contributed by atoms with Gasteiger partial charge in [0.05, 0.1) is 6.26 Å². The van der Waals surface area contributed by atoms with Crippen molar-refractivity contribution >= 4 is 40.0 Å². The predicted molar refractivity (Wildman–Crippen MR) is 119 cm³/mol. The summed E-state index contributed by atoms with van der Waals surface area (Å²) in [5.41, 5.74) is 0.325. The molecular weight excluding hydrogens is 501 g/mol. The molecule has 28 heavy (non-hydrogen) atoms. The lowest BCUT2D eigenvalue weighted by Crippen LogP contribution is -2.40. The zero-order chi connectivity index (χ0) is 19.9. The predicted octanol–water partition coefficient (Wildman–Crippen LogP) is 2.35. The van der Waals surface area contributed by atoms with Crippen molar-refractivity contribution in [1.29, 1.82) is 0 Å². The fraction of sp³-hybridized carbons (Fsp3) is 0.611. The summed E-state index contributed by atoms with van der Waals surface area (Å²) in [5.74, 6) is 0.0872. The van der Waals surface area contributed by atoms with E-state index in [4.69, 9.17) is 0 Å². The number of sulfonamides is 1. The zero-order valence-corrected chi connectivity index (χ0v) is 19.4. The van der Waals surface area contributed by atoms with Crippen molar-refractivity contribution in [3.05, 3.63) is 35.4 Å². The molecule has 6 nitrogen and oxygen atoms in total. The van der Waals surface area contributed by atoms with Gasteiger partial charge in [0.15, 0.2) is 5.96 Å². The summed E-state index contributed by atoms with van der Waals surface area (Å²) in [6.07, 6.45) is 3.15.